The van der Waals surface area contributed by atoms with Gasteiger partial charge in [0.1, 0.15) is 0 Å². The molecule has 0 unspecified atom stereocenters. The van der Waals surface area contributed by atoms with Crippen LogP contribution in [0.3, 0.4) is 0 Å². The summed E-state index contributed by atoms with van der Waals surface area (Å²) in [4.78, 5) is 0.565. The quantitative estimate of drug-likeness (QED) is 0.795. The smallest absolute Gasteiger partial charge is 0.178 e. The number of benzene rings is 1. The van der Waals surface area contributed by atoms with E-state index in [0.29, 0.717) is 16.6 Å². The average molecular weight is 237 g/mol. The van der Waals surface area contributed by atoms with E-state index in [2.05, 4.69) is 11.4 Å². The topological polar surface area (TPSA) is 46.2 Å². The van der Waals surface area contributed by atoms with Gasteiger partial charge < -0.3 is 5.32 Å². The van der Waals surface area contributed by atoms with Gasteiger partial charge in [0, 0.05) is 19.0 Å². The molecule has 0 radical (unpaired) electrons. The Morgan fingerprint density at radius 3 is 2.75 bits per heavy atom. The maximum Gasteiger partial charge on any atom is 0.178 e. The lowest BCUT2D eigenvalue weighted by molar-refractivity contribution is 0.448. The summed E-state index contributed by atoms with van der Waals surface area (Å²) in [6.45, 7) is 2.04. The molecular formula is C12H15NO2S. The molecule has 1 N–H and O–H groups in total. The Balaban J connectivity index is 2.05. The molecular weight excluding hydrogens is 222 g/mol. The van der Waals surface area contributed by atoms with Crippen LogP contribution in [0.15, 0.2) is 23.1 Å². The van der Waals surface area contributed by atoms with E-state index < -0.39 is 9.84 Å². The van der Waals surface area contributed by atoms with Crippen LogP contribution in [0.4, 0.5) is 0 Å². The lowest BCUT2D eigenvalue weighted by atomic mass is 9.92. The van der Waals surface area contributed by atoms with Crippen molar-refractivity contribution < 1.29 is 8.42 Å². The van der Waals surface area contributed by atoms with E-state index in [1.807, 2.05) is 6.07 Å². The van der Waals surface area contributed by atoms with Crippen LogP contribution in [0.25, 0.3) is 0 Å². The van der Waals surface area contributed by atoms with E-state index in [0.717, 1.165) is 31.5 Å². The fourth-order valence-electron chi connectivity index (χ4n) is 2.44. The van der Waals surface area contributed by atoms with Crippen LogP contribution in [0.1, 0.15) is 23.5 Å². The Morgan fingerprint density at radius 2 is 2.06 bits per heavy atom. The third-order valence-corrected chi connectivity index (χ3v) is 5.43. The summed E-state index contributed by atoms with van der Waals surface area (Å²) in [5.41, 5.74) is 2.31. The van der Waals surface area contributed by atoms with Crippen LogP contribution in [0.5, 0.6) is 0 Å². The number of hydrogen-bond donors (Lipinski definition) is 1. The number of hydrogen-bond acceptors (Lipinski definition) is 3. The van der Waals surface area contributed by atoms with Crippen molar-refractivity contribution in [1.29, 1.82) is 0 Å². The summed E-state index contributed by atoms with van der Waals surface area (Å²) in [6.07, 6.45) is 1.67. The molecule has 3 nitrogen and oxygen atoms in total. The maximum absolute atomic E-state index is 11.8. The fourth-order valence-corrected chi connectivity index (χ4v) is 4.02. The standard InChI is InChI=1S/C12H15NO2S/c14-16(15)5-1-2-10-6-9(3-4-12(10)16)11-7-13-8-11/h3-4,6,11,13H,1-2,5,7-8H2. The zero-order valence-corrected chi connectivity index (χ0v) is 9.89. The third kappa shape index (κ3) is 1.57. The molecule has 4 heteroatoms. The summed E-state index contributed by atoms with van der Waals surface area (Å²) >= 11 is 0. The van der Waals surface area contributed by atoms with Crippen molar-refractivity contribution in [2.24, 2.45) is 0 Å². The summed E-state index contributed by atoms with van der Waals surface area (Å²) in [6, 6.07) is 5.88. The van der Waals surface area contributed by atoms with Crippen LogP contribution < -0.4 is 5.32 Å². The van der Waals surface area contributed by atoms with E-state index in [-0.39, 0.29) is 0 Å². The summed E-state index contributed by atoms with van der Waals surface area (Å²) in [5.74, 6) is 0.888. The Kier molecular flexibility index (Phi) is 2.30. The van der Waals surface area contributed by atoms with Gasteiger partial charge in [0.15, 0.2) is 9.84 Å². The van der Waals surface area contributed by atoms with Gasteiger partial charge in [0.25, 0.3) is 0 Å². The van der Waals surface area contributed by atoms with Crippen molar-refractivity contribution in [3.63, 3.8) is 0 Å². The summed E-state index contributed by atoms with van der Waals surface area (Å²) in [5, 5.41) is 3.24. The van der Waals surface area contributed by atoms with Gasteiger partial charge in [-0.15, -0.1) is 0 Å². The predicted octanol–water partition coefficient (Wildman–Crippen LogP) is 1.09. The van der Waals surface area contributed by atoms with Crippen LogP contribution in [0.2, 0.25) is 0 Å². The van der Waals surface area contributed by atoms with Gasteiger partial charge in [-0.05, 0) is 30.0 Å². The highest BCUT2D eigenvalue weighted by Crippen LogP contribution is 2.29. The zero-order valence-electron chi connectivity index (χ0n) is 9.07. The minimum absolute atomic E-state index is 0.310. The van der Waals surface area contributed by atoms with E-state index in [1.165, 1.54) is 5.56 Å². The van der Waals surface area contributed by atoms with E-state index in [9.17, 15) is 8.42 Å². The van der Waals surface area contributed by atoms with Gasteiger partial charge in [-0.3, -0.25) is 0 Å². The molecule has 3 rings (SSSR count). The van der Waals surface area contributed by atoms with Crippen molar-refractivity contribution in [2.75, 3.05) is 18.8 Å². The molecule has 0 saturated carbocycles. The van der Waals surface area contributed by atoms with Crippen molar-refractivity contribution in [1.82, 2.24) is 5.32 Å². The number of aryl methyl sites for hydroxylation is 1. The molecule has 1 fully saturated rings. The van der Waals surface area contributed by atoms with Crippen LogP contribution in [-0.2, 0) is 16.3 Å². The molecule has 1 aromatic rings. The van der Waals surface area contributed by atoms with Crippen molar-refractivity contribution in [2.45, 2.75) is 23.7 Å². The molecule has 2 aliphatic heterocycles. The number of sulfone groups is 1. The van der Waals surface area contributed by atoms with Crippen molar-refractivity contribution >= 4 is 9.84 Å². The molecule has 86 valence electrons. The molecule has 0 amide bonds. The predicted molar refractivity (Wildman–Crippen MR) is 62.4 cm³/mol. The largest absolute Gasteiger partial charge is 0.315 e. The second-order valence-corrected chi connectivity index (χ2v) is 6.72. The number of rotatable bonds is 1. The van der Waals surface area contributed by atoms with Gasteiger partial charge in [-0.25, -0.2) is 8.42 Å². The first-order valence-corrected chi connectivity index (χ1v) is 7.38. The molecule has 1 aromatic carbocycles. The molecule has 16 heavy (non-hydrogen) atoms. The van der Waals surface area contributed by atoms with Gasteiger partial charge in [0.2, 0.25) is 0 Å². The number of nitrogens with one attached hydrogen (secondary N) is 1. The summed E-state index contributed by atoms with van der Waals surface area (Å²) < 4.78 is 23.7. The third-order valence-electron chi connectivity index (χ3n) is 3.53. The molecule has 2 heterocycles. The van der Waals surface area contributed by atoms with Crippen LogP contribution in [-0.4, -0.2) is 27.3 Å². The average Bonchev–Trinajstić information content (AvgIpc) is 2.14. The first-order chi connectivity index (χ1) is 7.67. The minimum atomic E-state index is -2.99. The Morgan fingerprint density at radius 1 is 1.25 bits per heavy atom. The highest BCUT2D eigenvalue weighted by molar-refractivity contribution is 7.91. The minimum Gasteiger partial charge on any atom is -0.315 e. The first-order valence-electron chi connectivity index (χ1n) is 5.73. The molecule has 1 saturated heterocycles. The van der Waals surface area contributed by atoms with Gasteiger partial charge in [0.05, 0.1) is 10.6 Å². The Hall–Kier alpha value is -0.870. The SMILES string of the molecule is O=S1(=O)CCCc2cc(C3CNC3)ccc21. The molecule has 0 aromatic heterocycles. The first kappa shape index (κ1) is 10.3. The van der Waals surface area contributed by atoms with Gasteiger partial charge >= 0.3 is 0 Å². The second-order valence-electron chi connectivity index (χ2n) is 4.64. The normalized spacial score (nSPS) is 23.5. The fraction of sp³-hybridized carbons (Fsp3) is 0.500. The Bertz CT molecular complexity index is 518. The highest BCUT2D eigenvalue weighted by Gasteiger charge is 2.25. The number of fused-ring (bicyclic) bond motifs is 1. The van der Waals surface area contributed by atoms with E-state index in [1.54, 1.807) is 6.07 Å². The van der Waals surface area contributed by atoms with Gasteiger partial charge in [-0.1, -0.05) is 12.1 Å². The van der Waals surface area contributed by atoms with Crippen molar-refractivity contribution in [3.8, 4) is 0 Å². The lowest BCUT2D eigenvalue weighted by Gasteiger charge is -2.28. The monoisotopic (exact) mass is 237 g/mol. The molecule has 0 spiro atoms. The highest BCUT2D eigenvalue weighted by atomic mass is 32.2. The van der Waals surface area contributed by atoms with Crippen LogP contribution in [0, 0.1) is 0 Å². The molecule has 0 bridgehead atoms. The zero-order chi connectivity index (χ0) is 11.2. The molecule has 0 aliphatic carbocycles. The summed E-state index contributed by atoms with van der Waals surface area (Å²) in [7, 11) is -2.99. The van der Waals surface area contributed by atoms with Gasteiger partial charge in [-0.2, -0.15) is 0 Å². The lowest BCUT2D eigenvalue weighted by Crippen LogP contribution is -2.39. The van der Waals surface area contributed by atoms with E-state index >= 15 is 0 Å². The molecule has 2 aliphatic rings. The maximum atomic E-state index is 11.8. The van der Waals surface area contributed by atoms with E-state index in [4.69, 9.17) is 0 Å². The van der Waals surface area contributed by atoms with Crippen LogP contribution >= 0.6 is 0 Å². The van der Waals surface area contributed by atoms with Crippen molar-refractivity contribution in [3.05, 3.63) is 29.3 Å². The molecule has 0 atom stereocenters. The Labute approximate surface area is 95.8 Å². The second kappa shape index (κ2) is 3.57.